The Morgan fingerprint density at radius 2 is 1.89 bits per heavy atom. The van der Waals surface area contributed by atoms with Gasteiger partial charge in [-0.05, 0) is 57.1 Å². The monoisotopic (exact) mass is 382 g/mol. The highest BCUT2D eigenvalue weighted by atomic mass is 16.5. The van der Waals surface area contributed by atoms with Gasteiger partial charge < -0.3 is 14.9 Å². The first kappa shape index (κ1) is 19.0. The fourth-order valence-corrected chi connectivity index (χ4v) is 3.26. The van der Waals surface area contributed by atoms with Gasteiger partial charge in [-0.3, -0.25) is 4.90 Å². The van der Waals surface area contributed by atoms with Crippen LogP contribution in [0.4, 0.5) is 0 Å². The third-order valence-corrected chi connectivity index (χ3v) is 5.28. The number of ether oxygens (including phenoxy) is 1. The first-order valence-corrected chi connectivity index (χ1v) is 9.61. The van der Waals surface area contributed by atoms with Crippen molar-refractivity contribution in [1.29, 1.82) is 0 Å². The number of fused-ring (bicyclic) bond motifs is 1. The maximum absolute atomic E-state index is 10.4. The zero-order valence-corrected chi connectivity index (χ0v) is 16.2. The van der Waals surface area contributed by atoms with Gasteiger partial charge in [-0.1, -0.05) is 12.1 Å². The molecular weight excluding hydrogens is 356 g/mol. The van der Waals surface area contributed by atoms with Gasteiger partial charge in [0.15, 0.2) is 5.65 Å². The highest BCUT2D eigenvalue weighted by Gasteiger charge is 2.20. The van der Waals surface area contributed by atoms with Gasteiger partial charge in [-0.25, -0.2) is 9.67 Å². The molecule has 0 saturated heterocycles. The topological polar surface area (TPSA) is 83.6 Å². The molecule has 2 aromatic heterocycles. The van der Waals surface area contributed by atoms with Crippen molar-refractivity contribution in [3.8, 4) is 5.69 Å². The molecule has 3 aromatic rings. The summed E-state index contributed by atoms with van der Waals surface area (Å²) >= 11 is 0. The van der Waals surface area contributed by atoms with Gasteiger partial charge in [0.2, 0.25) is 0 Å². The molecule has 4 rings (SSSR count). The number of benzene rings is 1. The first-order valence-electron chi connectivity index (χ1n) is 9.61. The van der Waals surface area contributed by atoms with Crippen molar-refractivity contribution >= 4 is 11.0 Å². The molecule has 0 amide bonds. The maximum atomic E-state index is 10.4. The molecule has 2 atom stereocenters. The molecule has 148 valence electrons. The number of aliphatic hydroxyl groups excluding tert-OH is 2. The normalized spacial score (nSPS) is 17.0. The van der Waals surface area contributed by atoms with Gasteiger partial charge in [-0.15, -0.1) is 0 Å². The number of rotatable bonds is 7. The molecule has 2 N–H and O–H groups in total. The molecule has 1 fully saturated rings. The van der Waals surface area contributed by atoms with Crippen molar-refractivity contribution < 1.29 is 14.9 Å². The van der Waals surface area contributed by atoms with Gasteiger partial charge in [0.05, 0.1) is 24.6 Å². The molecular formula is C21H26N4O3. The summed E-state index contributed by atoms with van der Waals surface area (Å²) in [5.41, 5.74) is 3.13. The molecule has 7 nitrogen and oxygen atoms in total. The summed E-state index contributed by atoms with van der Waals surface area (Å²) in [5.74, 6) is 0. The van der Waals surface area contributed by atoms with Crippen molar-refractivity contribution in [1.82, 2.24) is 19.7 Å². The zero-order chi connectivity index (χ0) is 19.7. The van der Waals surface area contributed by atoms with Gasteiger partial charge >= 0.3 is 0 Å². The van der Waals surface area contributed by atoms with E-state index in [-0.39, 0.29) is 0 Å². The van der Waals surface area contributed by atoms with Gasteiger partial charge in [0.1, 0.15) is 12.3 Å². The van der Waals surface area contributed by atoms with Crippen molar-refractivity contribution in [3.05, 3.63) is 53.9 Å². The number of hydrogen-bond donors (Lipinski definition) is 2. The highest BCUT2D eigenvalue weighted by molar-refractivity contribution is 5.76. The van der Waals surface area contributed by atoms with E-state index in [1.807, 2.05) is 44.4 Å². The third kappa shape index (κ3) is 3.79. The Bertz CT molecular complexity index is 934. The predicted octanol–water partition coefficient (Wildman–Crippen LogP) is 2.58. The standard InChI is InChI=1S/C21H26N4O3/c1-24(2)21(27)14-6-8-17(9-7-14)25-20-16(12-23-25)10-15(11-22-20)19(26)13-28-18-4-3-5-18/h6-12,18-19,21,26-27H,3-5,13H2,1-2H3/t19-,21?/m0/s1. The van der Waals surface area contributed by atoms with Crippen LogP contribution in [0.2, 0.25) is 0 Å². The summed E-state index contributed by atoms with van der Waals surface area (Å²) in [6.07, 6.45) is 5.77. The van der Waals surface area contributed by atoms with E-state index in [2.05, 4.69) is 10.1 Å². The molecule has 0 aliphatic heterocycles. The Balaban J connectivity index is 1.52. The lowest BCUT2D eigenvalue weighted by Crippen LogP contribution is -2.24. The van der Waals surface area contributed by atoms with Crippen LogP contribution in [0.1, 0.15) is 42.7 Å². The summed E-state index contributed by atoms with van der Waals surface area (Å²) in [4.78, 5) is 6.25. The Labute approximate surface area is 164 Å². The van der Waals surface area contributed by atoms with Crippen LogP contribution in [0.5, 0.6) is 0 Å². The van der Waals surface area contributed by atoms with E-state index in [9.17, 15) is 10.2 Å². The minimum atomic E-state index is -0.687. The maximum Gasteiger partial charge on any atom is 0.162 e. The molecule has 0 radical (unpaired) electrons. The number of aromatic nitrogens is 3. The van der Waals surface area contributed by atoms with Crippen LogP contribution in [-0.2, 0) is 4.74 Å². The smallest absolute Gasteiger partial charge is 0.162 e. The van der Waals surface area contributed by atoms with Gasteiger partial charge in [-0.2, -0.15) is 5.10 Å². The van der Waals surface area contributed by atoms with Crippen LogP contribution in [0, 0.1) is 0 Å². The summed E-state index contributed by atoms with van der Waals surface area (Å²) in [7, 11) is 3.65. The second-order valence-corrected chi connectivity index (χ2v) is 7.57. The fraction of sp³-hybridized carbons (Fsp3) is 0.429. The van der Waals surface area contributed by atoms with Crippen LogP contribution in [0.3, 0.4) is 0 Å². The van der Waals surface area contributed by atoms with E-state index in [0.29, 0.717) is 12.7 Å². The second-order valence-electron chi connectivity index (χ2n) is 7.57. The lowest BCUT2D eigenvalue weighted by Gasteiger charge is -2.26. The molecule has 1 aliphatic rings. The molecule has 7 heteroatoms. The van der Waals surface area contributed by atoms with E-state index in [1.165, 1.54) is 6.42 Å². The molecule has 1 aliphatic carbocycles. The fourth-order valence-electron chi connectivity index (χ4n) is 3.26. The lowest BCUT2D eigenvalue weighted by atomic mass is 9.96. The zero-order valence-electron chi connectivity index (χ0n) is 16.2. The Morgan fingerprint density at radius 1 is 1.14 bits per heavy atom. The van der Waals surface area contributed by atoms with Crippen molar-refractivity contribution in [2.75, 3.05) is 20.7 Å². The average Bonchev–Trinajstić information content (AvgIpc) is 3.09. The molecule has 0 spiro atoms. The number of pyridine rings is 1. The van der Waals surface area contributed by atoms with Crippen molar-refractivity contribution in [3.63, 3.8) is 0 Å². The van der Waals surface area contributed by atoms with Crippen molar-refractivity contribution in [2.45, 2.75) is 37.7 Å². The molecule has 1 saturated carbocycles. The van der Waals surface area contributed by atoms with Crippen LogP contribution in [0.15, 0.2) is 42.7 Å². The van der Waals surface area contributed by atoms with E-state index in [0.717, 1.165) is 40.7 Å². The second kappa shape index (κ2) is 7.97. The summed E-state index contributed by atoms with van der Waals surface area (Å²) < 4.78 is 7.46. The largest absolute Gasteiger partial charge is 0.386 e. The Morgan fingerprint density at radius 3 is 2.54 bits per heavy atom. The molecule has 1 unspecified atom stereocenters. The van der Waals surface area contributed by atoms with E-state index in [4.69, 9.17) is 4.74 Å². The molecule has 1 aromatic carbocycles. The number of aliphatic hydroxyl groups is 2. The van der Waals surface area contributed by atoms with Crippen LogP contribution >= 0.6 is 0 Å². The molecule has 28 heavy (non-hydrogen) atoms. The SMILES string of the molecule is CN(C)C(O)c1ccc(-n2ncc3cc([C@@H](O)COC4CCC4)cnc32)cc1. The minimum Gasteiger partial charge on any atom is -0.386 e. The summed E-state index contributed by atoms with van der Waals surface area (Å²) in [5, 5.41) is 25.8. The Kier molecular flexibility index (Phi) is 5.41. The van der Waals surface area contributed by atoms with E-state index >= 15 is 0 Å². The third-order valence-electron chi connectivity index (χ3n) is 5.28. The van der Waals surface area contributed by atoms with Gasteiger partial charge in [0.25, 0.3) is 0 Å². The first-order chi connectivity index (χ1) is 13.5. The quantitative estimate of drug-likeness (QED) is 0.611. The van der Waals surface area contributed by atoms with Crippen molar-refractivity contribution in [2.24, 2.45) is 0 Å². The van der Waals surface area contributed by atoms with Crippen LogP contribution < -0.4 is 0 Å². The number of nitrogens with zero attached hydrogens (tertiary/aromatic N) is 4. The Hall–Kier alpha value is -2.32. The van der Waals surface area contributed by atoms with Gasteiger partial charge in [0, 0.05) is 17.1 Å². The van der Waals surface area contributed by atoms with Crippen LogP contribution in [-0.4, -0.2) is 56.7 Å². The number of hydrogen-bond acceptors (Lipinski definition) is 6. The molecule has 2 heterocycles. The minimum absolute atomic E-state index is 0.293. The predicted molar refractivity (Wildman–Crippen MR) is 106 cm³/mol. The van der Waals surface area contributed by atoms with Crippen LogP contribution in [0.25, 0.3) is 16.7 Å². The average molecular weight is 382 g/mol. The van der Waals surface area contributed by atoms with E-state index < -0.39 is 12.3 Å². The molecule has 0 bridgehead atoms. The lowest BCUT2D eigenvalue weighted by molar-refractivity contribution is -0.0427. The summed E-state index contributed by atoms with van der Waals surface area (Å²) in [6.45, 7) is 0.293. The highest BCUT2D eigenvalue weighted by Crippen LogP contribution is 2.25. The summed E-state index contributed by atoms with van der Waals surface area (Å²) in [6, 6.07) is 9.48. The van der Waals surface area contributed by atoms with E-state index in [1.54, 1.807) is 22.0 Å².